The minimum absolute atomic E-state index is 0.00199. The summed E-state index contributed by atoms with van der Waals surface area (Å²) in [7, 11) is 4.93. The van der Waals surface area contributed by atoms with E-state index in [9.17, 15) is 58.8 Å². The highest BCUT2D eigenvalue weighted by Gasteiger charge is 2.26. The Morgan fingerprint density at radius 1 is 0.361 bits per heavy atom. The van der Waals surface area contributed by atoms with E-state index in [-0.39, 0.29) is 133 Å². The Morgan fingerprint density at radius 3 is 0.708 bits per heavy atom. The Morgan fingerprint density at radius 2 is 0.542 bits per heavy atom. The Balaban J connectivity index is 1.60. The fourth-order valence-electron chi connectivity index (χ4n) is 7.21. The van der Waals surface area contributed by atoms with Gasteiger partial charge in [0, 0.05) is 83.3 Å². The summed E-state index contributed by atoms with van der Waals surface area (Å²) in [5, 5.41) is 50.0. The number of aromatic carboxylic acids is 4. The van der Waals surface area contributed by atoms with Crippen LogP contribution in [0.5, 0.6) is 23.0 Å². The standard InChI is InChI=1S/C46H48Br4N6O16/c1-69-35-27(15-23(47)19-31(35)43(61)62)39(57)51-5-9-55(10-6-52-40(58)28-16-24(48)20-32(44(63)64)36(28)70-2)13-14-56(11-7-53-41(59)29-17-25(49)21-33(45(65)66)37(29)71-3)12-8-54-42(60)30-18-26(50)22-34(46(67)68)38(30)72-4/h15-22H,5-14H2,1-4H3,(H,51,57)(H,52,58)(H,53,59)(H,54,60)(H,61,62)(H,63,64)(H,65,66)(H,67,68). The molecule has 26 heteroatoms. The lowest BCUT2D eigenvalue weighted by atomic mass is 10.1. The Bertz CT molecular complexity index is 2380. The molecule has 0 spiro atoms. The number of carboxylic acids is 4. The molecule has 0 bridgehead atoms. The van der Waals surface area contributed by atoms with Gasteiger partial charge in [-0.2, -0.15) is 0 Å². The zero-order chi connectivity index (χ0) is 53.4. The van der Waals surface area contributed by atoms with Crippen LogP contribution in [0.3, 0.4) is 0 Å². The lowest BCUT2D eigenvalue weighted by molar-refractivity contribution is 0.0681. The van der Waals surface area contributed by atoms with E-state index in [1.54, 1.807) is 0 Å². The van der Waals surface area contributed by atoms with Crippen LogP contribution >= 0.6 is 63.7 Å². The molecule has 0 radical (unpaired) electrons. The van der Waals surface area contributed by atoms with Gasteiger partial charge in [0.15, 0.2) is 0 Å². The summed E-state index contributed by atoms with van der Waals surface area (Å²) in [6.07, 6.45) is 0. The van der Waals surface area contributed by atoms with Gasteiger partial charge in [-0.05, 0) is 48.5 Å². The van der Waals surface area contributed by atoms with E-state index in [4.69, 9.17) is 18.9 Å². The van der Waals surface area contributed by atoms with Crippen molar-refractivity contribution in [3.8, 4) is 23.0 Å². The Kier molecular flexibility index (Phi) is 22.2. The van der Waals surface area contributed by atoms with E-state index < -0.39 is 47.5 Å². The van der Waals surface area contributed by atoms with Crippen LogP contribution in [0, 0.1) is 0 Å². The highest BCUT2D eigenvalue weighted by atomic mass is 79.9. The highest BCUT2D eigenvalue weighted by molar-refractivity contribution is 9.11. The van der Waals surface area contributed by atoms with Crippen molar-refractivity contribution in [3.05, 3.63) is 111 Å². The van der Waals surface area contributed by atoms with Gasteiger partial charge in [-0.3, -0.25) is 29.0 Å². The lowest BCUT2D eigenvalue weighted by Gasteiger charge is -2.28. The van der Waals surface area contributed by atoms with Gasteiger partial charge in [-0.25, -0.2) is 19.2 Å². The van der Waals surface area contributed by atoms with Gasteiger partial charge in [0.2, 0.25) is 0 Å². The summed E-state index contributed by atoms with van der Waals surface area (Å²) < 4.78 is 22.4. The largest absolute Gasteiger partial charge is 0.495 e. The predicted octanol–water partition coefficient (Wildman–Crippen LogP) is 5.19. The molecular weight excluding hydrogens is 1210 g/mol. The van der Waals surface area contributed by atoms with Gasteiger partial charge in [0.25, 0.3) is 23.6 Å². The minimum Gasteiger partial charge on any atom is -0.495 e. The topological polar surface area (TPSA) is 309 Å². The van der Waals surface area contributed by atoms with Crippen LogP contribution in [0.4, 0.5) is 0 Å². The first-order valence-corrected chi connectivity index (χ1v) is 24.3. The average molecular weight is 1260 g/mol. The number of carbonyl (C=O) groups excluding carboxylic acids is 4. The third-order valence-corrected chi connectivity index (χ3v) is 12.3. The van der Waals surface area contributed by atoms with Crippen LogP contribution in [0.15, 0.2) is 66.4 Å². The molecule has 4 aromatic rings. The molecule has 0 atom stereocenters. The minimum atomic E-state index is -1.32. The van der Waals surface area contributed by atoms with Gasteiger partial charge in [0.05, 0.1) is 50.7 Å². The van der Waals surface area contributed by atoms with E-state index in [0.29, 0.717) is 17.9 Å². The molecule has 0 aromatic heterocycles. The summed E-state index contributed by atoms with van der Waals surface area (Å²) in [5.41, 5.74) is -1.21. The third kappa shape index (κ3) is 15.6. The van der Waals surface area contributed by atoms with Crippen molar-refractivity contribution in [3.63, 3.8) is 0 Å². The number of methoxy groups -OCH3 is 4. The van der Waals surface area contributed by atoms with E-state index in [2.05, 4.69) is 85.0 Å². The normalized spacial score (nSPS) is 10.9. The molecule has 4 rings (SSSR count). The molecule has 4 aromatic carbocycles. The fourth-order valence-corrected chi connectivity index (χ4v) is 9.04. The van der Waals surface area contributed by atoms with E-state index in [0.717, 1.165) is 0 Å². The van der Waals surface area contributed by atoms with Crippen LogP contribution in [-0.4, -0.2) is 172 Å². The summed E-state index contributed by atoms with van der Waals surface area (Å²) in [5.74, 6) is -8.52. The maximum Gasteiger partial charge on any atom is 0.339 e. The molecule has 4 amide bonds. The van der Waals surface area contributed by atoms with Crippen molar-refractivity contribution < 1.29 is 77.7 Å². The maximum atomic E-state index is 13.5. The zero-order valence-electron chi connectivity index (χ0n) is 38.8. The van der Waals surface area contributed by atoms with E-state index in [1.807, 2.05) is 9.80 Å². The smallest absolute Gasteiger partial charge is 0.339 e. The van der Waals surface area contributed by atoms with Crippen molar-refractivity contribution >= 4 is 111 Å². The van der Waals surface area contributed by atoms with Crippen molar-refractivity contribution in [2.24, 2.45) is 0 Å². The summed E-state index contributed by atoms with van der Waals surface area (Å²) >= 11 is 13.0. The molecule has 0 fully saturated rings. The first kappa shape index (κ1) is 58.3. The molecule has 0 saturated heterocycles. The number of nitrogens with one attached hydrogen (secondary N) is 4. The highest BCUT2D eigenvalue weighted by Crippen LogP contribution is 2.32. The Labute approximate surface area is 445 Å². The number of carboxylic acid groups (broad SMARTS) is 4. The quantitative estimate of drug-likeness (QED) is 0.0381. The number of hydrogen-bond donors (Lipinski definition) is 8. The van der Waals surface area contributed by atoms with Crippen molar-refractivity contribution in [1.29, 1.82) is 0 Å². The number of amides is 4. The average Bonchev–Trinajstić information content (AvgIpc) is 3.33. The molecule has 0 aliphatic heterocycles. The third-order valence-electron chi connectivity index (χ3n) is 10.5. The number of hydrogen-bond acceptors (Lipinski definition) is 14. The van der Waals surface area contributed by atoms with Crippen LogP contribution in [-0.2, 0) is 0 Å². The lowest BCUT2D eigenvalue weighted by Crippen LogP contribution is -2.46. The number of ether oxygens (including phenoxy) is 4. The molecule has 8 N–H and O–H groups in total. The molecule has 22 nitrogen and oxygen atoms in total. The molecule has 0 aliphatic carbocycles. The summed E-state index contributed by atoms with van der Waals surface area (Å²) in [6, 6.07) is 10.8. The first-order chi connectivity index (χ1) is 34.1. The molecule has 0 unspecified atom stereocenters. The predicted molar refractivity (Wildman–Crippen MR) is 273 cm³/mol. The van der Waals surface area contributed by atoms with Crippen molar-refractivity contribution in [2.45, 2.75) is 0 Å². The molecule has 72 heavy (non-hydrogen) atoms. The van der Waals surface area contributed by atoms with Gasteiger partial charge in [0.1, 0.15) is 45.3 Å². The zero-order valence-corrected chi connectivity index (χ0v) is 45.1. The van der Waals surface area contributed by atoms with Gasteiger partial charge in [-0.15, -0.1) is 0 Å². The SMILES string of the molecule is COc1c(C(=O)O)cc(Br)cc1C(=O)NCCN(CCNC(=O)c1cc(Br)cc(C(=O)O)c1OC)CCN(CCNC(=O)c1cc(Br)cc(C(=O)O)c1OC)CCNC(=O)c1cc(Br)cc(C(=O)O)c1OC. The monoisotopic (exact) mass is 1260 g/mol. The second-order valence-electron chi connectivity index (χ2n) is 15.1. The van der Waals surface area contributed by atoms with Crippen LogP contribution in [0.25, 0.3) is 0 Å². The number of benzene rings is 4. The second kappa shape index (κ2) is 27.5. The second-order valence-corrected chi connectivity index (χ2v) is 18.7. The molecule has 0 saturated carbocycles. The van der Waals surface area contributed by atoms with E-state index >= 15 is 0 Å². The number of halogens is 4. The van der Waals surface area contributed by atoms with Crippen LogP contribution < -0.4 is 40.2 Å². The number of rotatable bonds is 27. The molecule has 0 aliphatic rings. The number of carbonyl (C=O) groups is 8. The van der Waals surface area contributed by atoms with Crippen LogP contribution in [0.1, 0.15) is 82.9 Å². The first-order valence-electron chi connectivity index (χ1n) is 21.2. The van der Waals surface area contributed by atoms with E-state index in [1.165, 1.54) is 77.0 Å². The number of nitrogens with zero attached hydrogens (tertiary/aromatic N) is 2. The molecular formula is C46H48Br4N6O16. The van der Waals surface area contributed by atoms with Crippen LogP contribution in [0.2, 0.25) is 0 Å². The summed E-state index contributed by atoms with van der Waals surface area (Å²) in [6.45, 7) is 1.04. The molecule has 0 heterocycles. The van der Waals surface area contributed by atoms with Gasteiger partial charge < -0.3 is 60.6 Å². The summed E-state index contributed by atoms with van der Waals surface area (Å²) in [4.78, 5) is 106. The van der Waals surface area contributed by atoms with Crippen molar-refractivity contribution in [2.75, 3.05) is 93.9 Å². The molecule has 386 valence electrons. The van der Waals surface area contributed by atoms with Crippen molar-refractivity contribution in [1.82, 2.24) is 31.1 Å². The maximum absolute atomic E-state index is 13.5. The van der Waals surface area contributed by atoms with Gasteiger partial charge >= 0.3 is 23.9 Å². The van der Waals surface area contributed by atoms with Gasteiger partial charge in [-0.1, -0.05) is 63.7 Å². The fraction of sp³-hybridized carbons (Fsp3) is 0.304. The Hall–Kier alpha value is -6.32.